The average molecular weight is 340 g/mol. The van der Waals surface area contributed by atoms with Gasteiger partial charge in [-0.25, -0.2) is 0 Å². The second-order valence-corrected chi connectivity index (χ2v) is 6.06. The van der Waals surface area contributed by atoms with Gasteiger partial charge in [0.1, 0.15) is 12.2 Å². The highest BCUT2D eigenvalue weighted by atomic mass is 16.5. The van der Waals surface area contributed by atoms with E-state index in [1.807, 2.05) is 44.2 Å². The highest BCUT2D eigenvalue weighted by Gasteiger charge is 2.20. The monoisotopic (exact) mass is 340 g/mol. The number of benzene rings is 2. The van der Waals surface area contributed by atoms with Crippen molar-refractivity contribution < 1.29 is 14.3 Å². The minimum atomic E-state index is -0.336. The van der Waals surface area contributed by atoms with Crippen molar-refractivity contribution in [1.29, 1.82) is 0 Å². The summed E-state index contributed by atoms with van der Waals surface area (Å²) in [5.41, 5.74) is 1.65. The Balaban J connectivity index is 1.98. The number of carbonyl (C=O) groups excluding carboxylic acids is 2. The molecule has 0 radical (unpaired) electrons. The first-order chi connectivity index (χ1) is 12.0. The van der Waals surface area contributed by atoms with Crippen LogP contribution >= 0.6 is 0 Å². The van der Waals surface area contributed by atoms with Gasteiger partial charge in [-0.15, -0.1) is 0 Å². The van der Waals surface area contributed by atoms with Crippen LogP contribution < -0.4 is 10.1 Å². The van der Waals surface area contributed by atoms with Gasteiger partial charge >= 0.3 is 0 Å². The van der Waals surface area contributed by atoms with Gasteiger partial charge in [-0.2, -0.15) is 0 Å². The summed E-state index contributed by atoms with van der Waals surface area (Å²) in [6.45, 7) is 4.38. The van der Waals surface area contributed by atoms with Gasteiger partial charge in [0.15, 0.2) is 0 Å². The van der Waals surface area contributed by atoms with E-state index in [-0.39, 0.29) is 24.3 Å². The van der Waals surface area contributed by atoms with Crippen molar-refractivity contribution in [1.82, 2.24) is 4.90 Å². The van der Waals surface area contributed by atoms with Crippen LogP contribution in [0.5, 0.6) is 5.75 Å². The zero-order valence-electron chi connectivity index (χ0n) is 14.9. The third-order valence-electron chi connectivity index (χ3n) is 3.80. The highest BCUT2D eigenvalue weighted by molar-refractivity contribution is 6.03. The number of nitrogens with one attached hydrogen (secondary N) is 1. The molecule has 2 rings (SSSR count). The summed E-state index contributed by atoms with van der Waals surface area (Å²) in [6.07, 6.45) is -0.192. The molecule has 1 N–H and O–H groups in total. The van der Waals surface area contributed by atoms with E-state index in [0.717, 1.165) is 5.56 Å². The number of hydrogen-bond donors (Lipinski definition) is 1. The van der Waals surface area contributed by atoms with E-state index in [1.165, 1.54) is 0 Å². The molecule has 0 saturated heterocycles. The lowest BCUT2D eigenvalue weighted by Crippen LogP contribution is -2.38. The number of carbonyl (C=O) groups is 2. The molecule has 0 unspecified atom stereocenters. The second-order valence-electron chi connectivity index (χ2n) is 6.06. The summed E-state index contributed by atoms with van der Waals surface area (Å²) in [5, 5.41) is 2.74. The first-order valence-corrected chi connectivity index (χ1v) is 8.27. The number of hydrogen-bond acceptors (Lipinski definition) is 3. The van der Waals surface area contributed by atoms with Crippen LogP contribution in [0.4, 0.5) is 5.69 Å². The smallest absolute Gasteiger partial charge is 0.233 e. The summed E-state index contributed by atoms with van der Waals surface area (Å²) < 4.78 is 5.13. The van der Waals surface area contributed by atoms with Crippen LogP contribution in [0.1, 0.15) is 25.8 Å². The van der Waals surface area contributed by atoms with Gasteiger partial charge in [0.2, 0.25) is 11.8 Å². The van der Waals surface area contributed by atoms with Crippen molar-refractivity contribution in [3.63, 3.8) is 0 Å². The molecule has 0 aromatic heterocycles. The van der Waals surface area contributed by atoms with E-state index in [2.05, 4.69) is 5.32 Å². The first-order valence-electron chi connectivity index (χ1n) is 8.27. The van der Waals surface area contributed by atoms with Crippen molar-refractivity contribution in [3.05, 3.63) is 60.2 Å². The average Bonchev–Trinajstić information content (AvgIpc) is 2.60. The number of rotatable bonds is 7. The lowest BCUT2D eigenvalue weighted by atomic mass is 10.1. The molecule has 0 spiro atoms. The zero-order chi connectivity index (χ0) is 18.2. The normalized spacial score (nSPS) is 10.4. The van der Waals surface area contributed by atoms with Gasteiger partial charge in [-0.05, 0) is 31.5 Å². The first kappa shape index (κ1) is 18.5. The standard InChI is InChI=1S/C20H24N2O3/c1-15(2)22(14-16-8-5-4-6-9-16)20(24)13-19(23)21-17-10-7-11-18(12-17)25-3/h4-12,15H,13-14H2,1-3H3,(H,21,23). The van der Waals surface area contributed by atoms with Crippen LogP contribution in [0, 0.1) is 0 Å². The van der Waals surface area contributed by atoms with Crippen LogP contribution in [-0.2, 0) is 16.1 Å². The maximum Gasteiger partial charge on any atom is 0.233 e. The van der Waals surface area contributed by atoms with Crippen molar-refractivity contribution in [2.24, 2.45) is 0 Å². The topological polar surface area (TPSA) is 58.6 Å². The minimum absolute atomic E-state index is 0.0114. The van der Waals surface area contributed by atoms with Crippen molar-refractivity contribution in [3.8, 4) is 5.75 Å². The molecular weight excluding hydrogens is 316 g/mol. The van der Waals surface area contributed by atoms with E-state index in [1.54, 1.807) is 36.3 Å². The predicted molar refractivity (Wildman–Crippen MR) is 98.4 cm³/mol. The van der Waals surface area contributed by atoms with E-state index < -0.39 is 0 Å². The fourth-order valence-corrected chi connectivity index (χ4v) is 2.48. The third kappa shape index (κ3) is 5.64. The van der Waals surface area contributed by atoms with Crippen LogP contribution in [0.15, 0.2) is 54.6 Å². The van der Waals surface area contributed by atoms with E-state index >= 15 is 0 Å². The van der Waals surface area contributed by atoms with E-state index in [9.17, 15) is 9.59 Å². The molecule has 0 aliphatic carbocycles. The summed E-state index contributed by atoms with van der Waals surface area (Å²) in [4.78, 5) is 26.5. The van der Waals surface area contributed by atoms with Crippen LogP contribution in [0.25, 0.3) is 0 Å². The highest BCUT2D eigenvalue weighted by Crippen LogP contribution is 2.17. The summed E-state index contributed by atoms with van der Waals surface area (Å²) >= 11 is 0. The predicted octanol–water partition coefficient (Wildman–Crippen LogP) is 3.46. The third-order valence-corrected chi connectivity index (χ3v) is 3.80. The molecule has 0 aliphatic heterocycles. The number of amides is 2. The molecule has 0 aliphatic rings. The molecule has 2 amide bonds. The molecule has 2 aromatic rings. The summed E-state index contributed by atoms with van der Waals surface area (Å²) in [7, 11) is 1.56. The second kappa shape index (κ2) is 8.87. The van der Waals surface area contributed by atoms with Crippen LogP contribution in [0.3, 0.4) is 0 Å². The Kier molecular flexibility index (Phi) is 6.57. The summed E-state index contributed by atoms with van der Waals surface area (Å²) in [5.74, 6) is 0.119. The Morgan fingerprint density at radius 2 is 1.80 bits per heavy atom. The Morgan fingerprint density at radius 3 is 2.44 bits per heavy atom. The molecule has 2 aromatic carbocycles. The van der Waals surface area contributed by atoms with Gasteiger partial charge in [-0.1, -0.05) is 36.4 Å². The Morgan fingerprint density at radius 1 is 1.08 bits per heavy atom. The van der Waals surface area contributed by atoms with E-state index in [0.29, 0.717) is 18.0 Å². The Bertz CT molecular complexity index is 714. The minimum Gasteiger partial charge on any atom is -0.497 e. The maximum atomic E-state index is 12.6. The molecule has 0 saturated carbocycles. The molecule has 5 heteroatoms. The van der Waals surface area contributed by atoms with Crippen molar-refractivity contribution in [2.75, 3.05) is 12.4 Å². The van der Waals surface area contributed by atoms with Crippen LogP contribution in [0.2, 0.25) is 0 Å². The number of methoxy groups -OCH3 is 1. The number of ether oxygens (including phenoxy) is 1. The summed E-state index contributed by atoms with van der Waals surface area (Å²) in [6, 6.07) is 16.8. The SMILES string of the molecule is COc1cccc(NC(=O)CC(=O)N(Cc2ccccc2)C(C)C)c1. The molecular formula is C20H24N2O3. The van der Waals surface area contributed by atoms with Crippen molar-refractivity contribution >= 4 is 17.5 Å². The van der Waals surface area contributed by atoms with Gasteiger partial charge in [0, 0.05) is 24.3 Å². The molecule has 0 fully saturated rings. The lowest BCUT2D eigenvalue weighted by Gasteiger charge is -2.26. The van der Waals surface area contributed by atoms with Gasteiger partial charge in [0.05, 0.1) is 7.11 Å². The fraction of sp³-hybridized carbons (Fsp3) is 0.300. The molecule has 0 heterocycles. The molecule has 0 atom stereocenters. The number of nitrogens with zero attached hydrogens (tertiary/aromatic N) is 1. The zero-order valence-corrected chi connectivity index (χ0v) is 14.9. The molecule has 132 valence electrons. The Labute approximate surface area is 148 Å². The molecule has 0 bridgehead atoms. The number of anilines is 1. The quantitative estimate of drug-likeness (QED) is 0.785. The van der Waals surface area contributed by atoms with Gasteiger partial charge in [-0.3, -0.25) is 9.59 Å². The van der Waals surface area contributed by atoms with Crippen molar-refractivity contribution in [2.45, 2.75) is 32.9 Å². The largest absolute Gasteiger partial charge is 0.497 e. The fourth-order valence-electron chi connectivity index (χ4n) is 2.48. The Hall–Kier alpha value is -2.82. The molecule has 25 heavy (non-hydrogen) atoms. The molecule has 5 nitrogen and oxygen atoms in total. The maximum absolute atomic E-state index is 12.6. The lowest BCUT2D eigenvalue weighted by molar-refractivity contribution is -0.136. The van der Waals surface area contributed by atoms with Gasteiger partial charge < -0.3 is 15.0 Å². The van der Waals surface area contributed by atoms with Gasteiger partial charge in [0.25, 0.3) is 0 Å². The van der Waals surface area contributed by atoms with Crippen LogP contribution in [-0.4, -0.2) is 29.9 Å². The van der Waals surface area contributed by atoms with E-state index in [4.69, 9.17) is 4.74 Å².